The van der Waals surface area contributed by atoms with E-state index in [2.05, 4.69) is 39.5 Å². The van der Waals surface area contributed by atoms with Gasteiger partial charge in [-0.15, -0.1) is 0 Å². The number of benzene rings is 3. The summed E-state index contributed by atoms with van der Waals surface area (Å²) in [6.45, 7) is 4.58. The Morgan fingerprint density at radius 1 is 0.969 bits per heavy atom. The van der Waals surface area contributed by atoms with E-state index in [-0.39, 0.29) is 17.9 Å². The summed E-state index contributed by atoms with van der Waals surface area (Å²) in [6.07, 6.45) is -0.00763. The second kappa shape index (κ2) is 9.01. The van der Waals surface area contributed by atoms with Crippen molar-refractivity contribution in [2.24, 2.45) is 5.10 Å². The Morgan fingerprint density at radius 3 is 2.47 bits per heavy atom. The molecule has 0 fully saturated rings. The minimum atomic E-state index is -0.666. The lowest BCUT2D eigenvalue weighted by atomic mass is 10.1. The van der Waals surface area contributed by atoms with E-state index in [0.29, 0.717) is 11.4 Å². The number of anilines is 1. The van der Waals surface area contributed by atoms with Crippen LogP contribution in [-0.2, 0) is 11.3 Å². The number of nitrogens with one attached hydrogen (secondary N) is 2. The number of aryl methyl sites for hydroxylation is 1. The van der Waals surface area contributed by atoms with Crippen LogP contribution in [-0.4, -0.2) is 22.1 Å². The molecule has 32 heavy (non-hydrogen) atoms. The fourth-order valence-electron chi connectivity index (χ4n) is 3.80. The van der Waals surface area contributed by atoms with E-state index in [0.717, 1.165) is 28.4 Å². The number of fused-ring (bicyclic) bond motifs is 3. The van der Waals surface area contributed by atoms with Crippen molar-refractivity contribution in [3.63, 3.8) is 0 Å². The van der Waals surface area contributed by atoms with Crippen LogP contribution in [0.3, 0.4) is 0 Å². The van der Waals surface area contributed by atoms with Crippen LogP contribution in [0.2, 0.25) is 0 Å². The molecule has 0 aliphatic rings. The molecule has 4 rings (SSSR count). The van der Waals surface area contributed by atoms with Gasteiger partial charge in [0.05, 0.1) is 12.0 Å². The summed E-state index contributed by atoms with van der Waals surface area (Å²) in [7, 11) is 0. The topological polar surface area (TPSA) is 75.5 Å². The number of amides is 2. The van der Waals surface area contributed by atoms with Gasteiger partial charge in [-0.1, -0.05) is 30.3 Å². The number of rotatable bonds is 6. The summed E-state index contributed by atoms with van der Waals surface area (Å²) in [5.41, 5.74) is 5.53. The monoisotopic (exact) mass is 430 g/mol. The summed E-state index contributed by atoms with van der Waals surface area (Å²) in [6, 6.07) is 19.7. The summed E-state index contributed by atoms with van der Waals surface area (Å²) >= 11 is 0. The van der Waals surface area contributed by atoms with Crippen molar-refractivity contribution in [3.8, 4) is 0 Å². The smallest absolute Gasteiger partial charge is 0.274 e. The molecule has 6 nitrogen and oxygen atoms in total. The molecule has 1 heterocycles. The fraction of sp³-hybridized carbons (Fsp3) is 0.160. The zero-order chi connectivity index (χ0) is 22.7. The molecule has 2 amide bonds. The van der Waals surface area contributed by atoms with Crippen molar-refractivity contribution in [1.82, 2.24) is 9.99 Å². The zero-order valence-corrected chi connectivity index (χ0v) is 17.9. The maximum absolute atomic E-state index is 13.7. The number of nitrogens with zero attached hydrogens (tertiary/aromatic N) is 2. The van der Waals surface area contributed by atoms with Gasteiger partial charge in [-0.25, -0.2) is 9.82 Å². The molecule has 2 N–H and O–H groups in total. The number of carbonyl (C=O) groups is 2. The predicted molar refractivity (Wildman–Crippen MR) is 125 cm³/mol. The maximum Gasteiger partial charge on any atom is 0.274 e. The molecule has 162 valence electrons. The lowest BCUT2D eigenvalue weighted by Crippen LogP contribution is -2.22. The van der Waals surface area contributed by atoms with Gasteiger partial charge in [-0.3, -0.25) is 9.59 Å². The number of aromatic nitrogens is 1. The van der Waals surface area contributed by atoms with Crippen LogP contribution in [0, 0.1) is 5.82 Å². The first-order valence-corrected chi connectivity index (χ1v) is 10.4. The molecule has 0 bridgehead atoms. The lowest BCUT2D eigenvalue weighted by molar-refractivity contribution is -0.115. The first kappa shape index (κ1) is 21.2. The molecule has 0 saturated carbocycles. The number of carbonyl (C=O) groups excluding carboxylic acids is 2. The largest absolute Gasteiger partial charge is 0.341 e. The summed E-state index contributed by atoms with van der Waals surface area (Å²) < 4.78 is 15.9. The van der Waals surface area contributed by atoms with Crippen molar-refractivity contribution in [2.75, 3.05) is 5.32 Å². The Hall–Kier alpha value is -4.00. The molecule has 0 atom stereocenters. The summed E-state index contributed by atoms with van der Waals surface area (Å²) in [5, 5.41) is 9.00. The van der Waals surface area contributed by atoms with E-state index in [1.165, 1.54) is 18.2 Å². The first-order chi connectivity index (χ1) is 15.5. The molecular formula is C25H23FN4O2. The molecule has 3 aromatic carbocycles. The summed E-state index contributed by atoms with van der Waals surface area (Å²) in [4.78, 5) is 24.5. The zero-order valence-electron chi connectivity index (χ0n) is 17.9. The number of hydrazone groups is 1. The average molecular weight is 430 g/mol. The Balaban J connectivity index is 1.45. The standard InChI is InChI=1S/C25H23FN4O2/c1-3-30-22-11-7-5-8-18(22)20-15-17(12-13-23(20)30)27-24(31)14-16(2)28-29-25(32)19-9-4-6-10-21(19)26/h4-13,15H,3,14H2,1-2H3,(H,27,31)(H,29,32). The quantitative estimate of drug-likeness (QED) is 0.330. The number of para-hydroxylation sites is 1. The molecular weight excluding hydrogens is 407 g/mol. The third kappa shape index (κ3) is 4.23. The van der Waals surface area contributed by atoms with Crippen LogP contribution in [0.1, 0.15) is 30.6 Å². The molecule has 1 aromatic heterocycles. The minimum absolute atomic E-state index is 0.00763. The van der Waals surface area contributed by atoms with Crippen LogP contribution < -0.4 is 10.7 Å². The van der Waals surface area contributed by atoms with Gasteiger partial charge in [0.2, 0.25) is 5.91 Å². The first-order valence-electron chi connectivity index (χ1n) is 10.4. The van der Waals surface area contributed by atoms with Gasteiger partial charge in [0.25, 0.3) is 5.91 Å². The van der Waals surface area contributed by atoms with Crippen LogP contribution >= 0.6 is 0 Å². The van der Waals surface area contributed by atoms with E-state index in [1.54, 1.807) is 13.0 Å². The average Bonchev–Trinajstić information content (AvgIpc) is 3.10. The molecule has 0 aliphatic carbocycles. The normalized spacial score (nSPS) is 11.7. The van der Waals surface area contributed by atoms with Gasteiger partial charge in [0.15, 0.2) is 0 Å². The third-order valence-corrected chi connectivity index (χ3v) is 5.26. The molecule has 4 aromatic rings. The minimum Gasteiger partial charge on any atom is -0.341 e. The van der Waals surface area contributed by atoms with Crippen molar-refractivity contribution in [3.05, 3.63) is 78.1 Å². The Bertz CT molecular complexity index is 1360. The highest BCUT2D eigenvalue weighted by Crippen LogP contribution is 2.31. The van der Waals surface area contributed by atoms with Gasteiger partial charge in [0.1, 0.15) is 5.82 Å². The van der Waals surface area contributed by atoms with E-state index in [1.807, 2.05) is 30.3 Å². The van der Waals surface area contributed by atoms with Gasteiger partial charge < -0.3 is 9.88 Å². The van der Waals surface area contributed by atoms with E-state index < -0.39 is 11.7 Å². The highest BCUT2D eigenvalue weighted by Gasteiger charge is 2.12. The molecule has 7 heteroatoms. The second-order valence-electron chi connectivity index (χ2n) is 7.49. The molecule has 0 spiro atoms. The Morgan fingerprint density at radius 2 is 1.69 bits per heavy atom. The Labute approximate surface area is 184 Å². The van der Waals surface area contributed by atoms with Crippen LogP contribution in [0.4, 0.5) is 10.1 Å². The van der Waals surface area contributed by atoms with Crippen molar-refractivity contribution in [1.29, 1.82) is 0 Å². The molecule has 0 radical (unpaired) electrons. The van der Waals surface area contributed by atoms with Gasteiger partial charge in [-0.2, -0.15) is 5.10 Å². The lowest BCUT2D eigenvalue weighted by Gasteiger charge is -2.07. The highest BCUT2D eigenvalue weighted by molar-refractivity contribution is 6.11. The number of hydrogen-bond donors (Lipinski definition) is 2. The van der Waals surface area contributed by atoms with Gasteiger partial charge in [-0.05, 0) is 50.2 Å². The molecule has 0 aliphatic heterocycles. The van der Waals surface area contributed by atoms with Crippen molar-refractivity contribution in [2.45, 2.75) is 26.8 Å². The van der Waals surface area contributed by atoms with E-state index in [4.69, 9.17) is 0 Å². The maximum atomic E-state index is 13.7. The Kier molecular flexibility index (Phi) is 5.98. The number of hydrogen-bond acceptors (Lipinski definition) is 3. The van der Waals surface area contributed by atoms with Crippen LogP contribution in [0.5, 0.6) is 0 Å². The van der Waals surface area contributed by atoms with Crippen LogP contribution in [0.15, 0.2) is 71.8 Å². The van der Waals surface area contributed by atoms with Crippen LogP contribution in [0.25, 0.3) is 21.8 Å². The van der Waals surface area contributed by atoms with Gasteiger partial charge in [0, 0.05) is 39.7 Å². The summed E-state index contributed by atoms with van der Waals surface area (Å²) in [5.74, 6) is -1.55. The van der Waals surface area contributed by atoms with Crippen molar-refractivity contribution < 1.29 is 14.0 Å². The second-order valence-corrected chi connectivity index (χ2v) is 7.49. The van der Waals surface area contributed by atoms with E-state index >= 15 is 0 Å². The molecule has 0 saturated heterocycles. The predicted octanol–water partition coefficient (Wildman–Crippen LogP) is 5.09. The SMILES string of the molecule is CCn1c2ccccc2c2cc(NC(=O)CC(C)=NNC(=O)c3ccccc3F)ccc21. The highest BCUT2D eigenvalue weighted by atomic mass is 19.1. The van der Waals surface area contributed by atoms with Gasteiger partial charge >= 0.3 is 0 Å². The number of halogens is 1. The fourth-order valence-corrected chi connectivity index (χ4v) is 3.80. The van der Waals surface area contributed by atoms with E-state index in [9.17, 15) is 14.0 Å². The molecule has 0 unspecified atom stereocenters. The third-order valence-electron chi connectivity index (χ3n) is 5.26. The van der Waals surface area contributed by atoms with Crippen molar-refractivity contribution >= 4 is 45.0 Å².